The van der Waals surface area contributed by atoms with Gasteiger partial charge >= 0.3 is 0 Å². The largest absolute Gasteiger partial charge is 0.355 e. The van der Waals surface area contributed by atoms with Gasteiger partial charge in [0, 0.05) is 34.6 Å². The molecule has 3 aromatic rings. The van der Waals surface area contributed by atoms with Crippen LogP contribution in [0.1, 0.15) is 23.6 Å². The van der Waals surface area contributed by atoms with Crippen molar-refractivity contribution in [1.82, 2.24) is 10.2 Å². The van der Waals surface area contributed by atoms with Crippen LogP contribution in [0.25, 0.3) is 0 Å². The predicted molar refractivity (Wildman–Crippen MR) is 135 cm³/mol. The topological polar surface area (TPSA) is 49.4 Å². The Balaban J connectivity index is 1.97. The van der Waals surface area contributed by atoms with Crippen LogP contribution in [0.2, 0.25) is 15.1 Å². The second kappa shape index (κ2) is 12.1. The molecule has 7 heteroatoms. The summed E-state index contributed by atoms with van der Waals surface area (Å²) in [6.45, 7) is 2.50. The van der Waals surface area contributed by atoms with Crippen molar-refractivity contribution in [1.29, 1.82) is 0 Å². The first-order valence-corrected chi connectivity index (χ1v) is 11.8. The van der Waals surface area contributed by atoms with E-state index in [2.05, 4.69) is 5.32 Å². The number of halogens is 3. The summed E-state index contributed by atoms with van der Waals surface area (Å²) >= 11 is 18.5. The molecule has 33 heavy (non-hydrogen) atoms. The molecule has 0 aliphatic carbocycles. The number of likely N-dealkylation sites (N-methyl/N-ethyl adjacent to an activating group) is 1. The van der Waals surface area contributed by atoms with Crippen molar-refractivity contribution >= 4 is 46.6 Å². The monoisotopic (exact) mass is 502 g/mol. The zero-order valence-corrected chi connectivity index (χ0v) is 20.5. The number of nitrogens with zero attached hydrogens (tertiary/aromatic N) is 1. The van der Waals surface area contributed by atoms with Gasteiger partial charge in [0.05, 0.1) is 6.42 Å². The number of nitrogens with one attached hydrogen (secondary N) is 1. The molecule has 0 radical (unpaired) electrons. The number of hydrogen-bond acceptors (Lipinski definition) is 2. The highest BCUT2D eigenvalue weighted by Gasteiger charge is 2.30. The van der Waals surface area contributed by atoms with Crippen molar-refractivity contribution in [2.75, 3.05) is 6.54 Å². The molecule has 0 unspecified atom stereocenters. The molecule has 1 atom stereocenters. The SMILES string of the molecule is CCNC(=O)[C@H](Cc1ccccc1)N(Cc1ccc(Cl)cc1Cl)C(=O)Cc1ccc(Cl)cc1. The summed E-state index contributed by atoms with van der Waals surface area (Å²) in [5.41, 5.74) is 2.49. The van der Waals surface area contributed by atoms with Crippen molar-refractivity contribution in [3.63, 3.8) is 0 Å². The molecule has 3 aromatic carbocycles. The van der Waals surface area contributed by atoms with E-state index in [1.165, 1.54) is 0 Å². The summed E-state index contributed by atoms with van der Waals surface area (Å²) in [5, 5.41) is 4.43. The average molecular weight is 504 g/mol. The van der Waals surface area contributed by atoms with Crippen molar-refractivity contribution < 1.29 is 9.59 Å². The van der Waals surface area contributed by atoms with Crippen LogP contribution in [-0.2, 0) is 29.0 Å². The smallest absolute Gasteiger partial charge is 0.243 e. The van der Waals surface area contributed by atoms with Gasteiger partial charge in [-0.15, -0.1) is 0 Å². The third kappa shape index (κ3) is 7.23. The van der Waals surface area contributed by atoms with Crippen LogP contribution in [0.3, 0.4) is 0 Å². The minimum Gasteiger partial charge on any atom is -0.355 e. The Bertz CT molecular complexity index is 1090. The molecule has 1 N–H and O–H groups in total. The van der Waals surface area contributed by atoms with Crippen LogP contribution in [-0.4, -0.2) is 29.3 Å². The van der Waals surface area contributed by atoms with E-state index >= 15 is 0 Å². The molecule has 0 aromatic heterocycles. The Hall–Kier alpha value is -2.53. The summed E-state index contributed by atoms with van der Waals surface area (Å²) in [6, 6.07) is 21.2. The Labute approximate surface area is 209 Å². The van der Waals surface area contributed by atoms with Gasteiger partial charge in [-0.25, -0.2) is 0 Å². The zero-order valence-electron chi connectivity index (χ0n) is 18.2. The van der Waals surface area contributed by atoms with Gasteiger partial charge in [0.15, 0.2) is 0 Å². The van der Waals surface area contributed by atoms with Gasteiger partial charge in [0.2, 0.25) is 11.8 Å². The molecule has 0 spiro atoms. The quantitative estimate of drug-likeness (QED) is 0.391. The lowest BCUT2D eigenvalue weighted by atomic mass is 10.0. The lowest BCUT2D eigenvalue weighted by Crippen LogP contribution is -2.51. The first-order valence-electron chi connectivity index (χ1n) is 10.7. The second-order valence-corrected chi connectivity index (χ2v) is 8.94. The van der Waals surface area contributed by atoms with Gasteiger partial charge < -0.3 is 10.2 Å². The Kier molecular flexibility index (Phi) is 9.19. The number of carbonyl (C=O) groups is 2. The van der Waals surface area contributed by atoms with Crippen molar-refractivity contribution in [3.8, 4) is 0 Å². The van der Waals surface area contributed by atoms with Crippen LogP contribution < -0.4 is 5.32 Å². The molecule has 3 rings (SSSR count). The number of rotatable bonds is 9. The van der Waals surface area contributed by atoms with E-state index in [4.69, 9.17) is 34.8 Å². The highest BCUT2D eigenvalue weighted by molar-refractivity contribution is 6.35. The van der Waals surface area contributed by atoms with Gasteiger partial charge in [-0.05, 0) is 47.9 Å². The van der Waals surface area contributed by atoms with Crippen LogP contribution in [0.5, 0.6) is 0 Å². The van der Waals surface area contributed by atoms with E-state index in [9.17, 15) is 9.59 Å². The molecule has 0 saturated carbocycles. The van der Waals surface area contributed by atoms with E-state index in [0.717, 1.165) is 11.1 Å². The average Bonchev–Trinajstić information content (AvgIpc) is 2.79. The van der Waals surface area contributed by atoms with E-state index in [1.54, 1.807) is 35.2 Å². The van der Waals surface area contributed by atoms with Crippen molar-refractivity contribution in [2.45, 2.75) is 32.4 Å². The molecule has 0 saturated heterocycles. The maximum absolute atomic E-state index is 13.6. The van der Waals surface area contributed by atoms with Crippen LogP contribution in [0.15, 0.2) is 72.8 Å². The van der Waals surface area contributed by atoms with Crippen molar-refractivity contribution in [3.05, 3.63) is 105 Å². The molecule has 0 fully saturated rings. The fourth-order valence-corrected chi connectivity index (χ4v) is 4.15. The fourth-order valence-electron chi connectivity index (χ4n) is 3.56. The van der Waals surface area contributed by atoms with Gasteiger partial charge in [-0.3, -0.25) is 9.59 Å². The predicted octanol–water partition coefficient (Wildman–Crippen LogP) is 5.97. The fraction of sp³-hybridized carbons (Fsp3) is 0.231. The Morgan fingerprint density at radius 3 is 2.18 bits per heavy atom. The maximum Gasteiger partial charge on any atom is 0.243 e. The van der Waals surface area contributed by atoms with Crippen molar-refractivity contribution in [2.24, 2.45) is 0 Å². The molecular weight excluding hydrogens is 479 g/mol. The zero-order chi connectivity index (χ0) is 23.8. The molecule has 0 heterocycles. The van der Waals surface area contributed by atoms with Gasteiger partial charge in [0.25, 0.3) is 0 Å². The normalized spacial score (nSPS) is 11.6. The van der Waals surface area contributed by atoms with Crippen LogP contribution in [0.4, 0.5) is 0 Å². The summed E-state index contributed by atoms with van der Waals surface area (Å²) in [6.07, 6.45) is 0.511. The summed E-state index contributed by atoms with van der Waals surface area (Å²) < 4.78 is 0. The number of benzene rings is 3. The van der Waals surface area contributed by atoms with Gasteiger partial charge in [0.1, 0.15) is 6.04 Å². The number of amides is 2. The highest BCUT2D eigenvalue weighted by atomic mass is 35.5. The van der Waals surface area contributed by atoms with E-state index < -0.39 is 6.04 Å². The summed E-state index contributed by atoms with van der Waals surface area (Å²) in [4.78, 5) is 28.3. The standard InChI is InChI=1S/C26H25Cl3N2O2/c1-2-30-26(33)24(14-18-6-4-3-5-7-18)31(17-20-10-13-22(28)16-23(20)29)25(32)15-19-8-11-21(27)12-9-19/h3-13,16,24H,2,14-15,17H2,1H3,(H,30,33)/t24-/m0/s1. The maximum atomic E-state index is 13.6. The Morgan fingerprint density at radius 1 is 0.879 bits per heavy atom. The first kappa shape index (κ1) is 25.1. The van der Waals surface area contributed by atoms with E-state index in [0.29, 0.717) is 33.6 Å². The molecule has 0 aliphatic heterocycles. The van der Waals surface area contributed by atoms with Crippen LogP contribution >= 0.6 is 34.8 Å². The molecule has 4 nitrogen and oxygen atoms in total. The summed E-state index contributed by atoms with van der Waals surface area (Å²) in [5.74, 6) is -0.397. The molecule has 0 bridgehead atoms. The third-order valence-corrected chi connectivity index (χ3v) is 6.09. The van der Waals surface area contributed by atoms with E-state index in [1.807, 2.05) is 49.4 Å². The minimum absolute atomic E-state index is 0.132. The third-order valence-electron chi connectivity index (χ3n) is 5.25. The molecule has 0 aliphatic rings. The number of hydrogen-bond donors (Lipinski definition) is 1. The van der Waals surface area contributed by atoms with Gasteiger partial charge in [-0.1, -0.05) is 83.3 Å². The molecule has 2 amide bonds. The lowest BCUT2D eigenvalue weighted by molar-refractivity contribution is -0.140. The summed E-state index contributed by atoms with van der Waals surface area (Å²) in [7, 11) is 0. The Morgan fingerprint density at radius 2 is 1.55 bits per heavy atom. The number of carbonyl (C=O) groups excluding carboxylic acids is 2. The first-order chi connectivity index (χ1) is 15.9. The van der Waals surface area contributed by atoms with Gasteiger partial charge in [-0.2, -0.15) is 0 Å². The minimum atomic E-state index is -0.709. The highest BCUT2D eigenvalue weighted by Crippen LogP contribution is 2.24. The van der Waals surface area contributed by atoms with Crippen LogP contribution in [0, 0.1) is 0 Å². The molecular formula is C26H25Cl3N2O2. The second-order valence-electron chi connectivity index (χ2n) is 7.66. The molecule has 172 valence electrons. The lowest BCUT2D eigenvalue weighted by Gasteiger charge is -2.32. The van der Waals surface area contributed by atoms with E-state index in [-0.39, 0.29) is 24.8 Å².